The molecule has 0 aliphatic carbocycles. The fourth-order valence-electron chi connectivity index (χ4n) is 3.33. The number of benzene rings is 3. The largest absolute Gasteiger partial charge is 0.451 e. The van der Waals surface area contributed by atoms with Gasteiger partial charge in [-0.25, -0.2) is 9.78 Å². The standard InChI is InChI=1S/C26H21NO3/c1-17-12-14-19(15-13-17)24-16-22(21-10-6-7-11-23(21)27-24)26(29)30-18(2)25(28)20-8-4-3-5-9-20/h3-16,18H,1-2H3/t18-/m1/s1. The molecule has 0 aliphatic heterocycles. The van der Waals surface area contributed by atoms with Crippen LogP contribution in [-0.2, 0) is 4.74 Å². The van der Waals surface area contributed by atoms with Crippen LogP contribution >= 0.6 is 0 Å². The Morgan fingerprint density at radius 1 is 0.867 bits per heavy atom. The molecule has 4 rings (SSSR count). The predicted octanol–water partition coefficient (Wildman–Crippen LogP) is 5.64. The minimum atomic E-state index is -0.894. The highest BCUT2D eigenvalue weighted by Gasteiger charge is 2.22. The Hall–Kier alpha value is -3.79. The Morgan fingerprint density at radius 2 is 1.53 bits per heavy atom. The van der Waals surface area contributed by atoms with Gasteiger partial charge in [0.2, 0.25) is 5.78 Å². The van der Waals surface area contributed by atoms with E-state index in [1.165, 1.54) is 0 Å². The molecule has 0 unspecified atom stereocenters. The molecule has 0 saturated heterocycles. The number of hydrogen-bond donors (Lipinski definition) is 0. The quantitative estimate of drug-likeness (QED) is 0.324. The summed E-state index contributed by atoms with van der Waals surface area (Å²) in [6.45, 7) is 3.61. The van der Waals surface area contributed by atoms with E-state index in [9.17, 15) is 9.59 Å². The van der Waals surface area contributed by atoms with Crippen LogP contribution in [0.15, 0.2) is 84.9 Å². The smallest absolute Gasteiger partial charge is 0.339 e. The van der Waals surface area contributed by atoms with E-state index in [1.807, 2.05) is 61.5 Å². The molecular weight excluding hydrogens is 374 g/mol. The monoisotopic (exact) mass is 395 g/mol. The van der Waals surface area contributed by atoms with Crippen LogP contribution < -0.4 is 0 Å². The first kappa shape index (κ1) is 19.5. The predicted molar refractivity (Wildman–Crippen MR) is 118 cm³/mol. The summed E-state index contributed by atoms with van der Waals surface area (Å²) in [5, 5.41) is 0.692. The first-order valence-electron chi connectivity index (χ1n) is 9.80. The molecule has 0 spiro atoms. The summed E-state index contributed by atoms with van der Waals surface area (Å²) in [7, 11) is 0. The van der Waals surface area contributed by atoms with E-state index in [0.717, 1.165) is 11.1 Å². The highest BCUT2D eigenvalue weighted by Crippen LogP contribution is 2.26. The van der Waals surface area contributed by atoms with Gasteiger partial charge in [-0.2, -0.15) is 0 Å². The number of hydrogen-bond acceptors (Lipinski definition) is 4. The second-order valence-corrected chi connectivity index (χ2v) is 7.22. The lowest BCUT2D eigenvalue weighted by Crippen LogP contribution is -2.24. The van der Waals surface area contributed by atoms with E-state index in [2.05, 4.69) is 0 Å². The first-order chi connectivity index (χ1) is 14.5. The van der Waals surface area contributed by atoms with Gasteiger partial charge in [-0.15, -0.1) is 0 Å². The molecule has 4 heteroatoms. The third-order valence-electron chi connectivity index (χ3n) is 4.99. The molecule has 0 aliphatic rings. The summed E-state index contributed by atoms with van der Waals surface area (Å²) in [4.78, 5) is 30.4. The number of fused-ring (bicyclic) bond motifs is 1. The molecule has 0 bridgehead atoms. The number of para-hydroxylation sites is 1. The van der Waals surface area contributed by atoms with E-state index < -0.39 is 12.1 Å². The van der Waals surface area contributed by atoms with Gasteiger partial charge in [0.1, 0.15) is 0 Å². The topological polar surface area (TPSA) is 56.3 Å². The molecule has 1 atom stereocenters. The zero-order valence-corrected chi connectivity index (χ0v) is 16.8. The number of Topliss-reactive ketones (excluding diaryl/α,β-unsaturated/α-hetero) is 1. The van der Waals surface area contributed by atoms with Crippen molar-refractivity contribution in [3.8, 4) is 11.3 Å². The molecule has 0 fully saturated rings. The highest BCUT2D eigenvalue weighted by atomic mass is 16.5. The maximum atomic E-state index is 13.0. The number of carbonyl (C=O) groups is 2. The number of ketones is 1. The van der Waals surface area contributed by atoms with Gasteiger partial charge in [0.25, 0.3) is 0 Å². The molecular formula is C26H21NO3. The van der Waals surface area contributed by atoms with Crippen molar-refractivity contribution in [1.29, 1.82) is 0 Å². The second kappa shape index (κ2) is 8.29. The van der Waals surface area contributed by atoms with Gasteiger partial charge in [0.05, 0.1) is 16.8 Å². The van der Waals surface area contributed by atoms with Crippen LogP contribution in [0.4, 0.5) is 0 Å². The van der Waals surface area contributed by atoms with E-state index >= 15 is 0 Å². The molecule has 1 heterocycles. The number of nitrogens with zero attached hydrogens (tertiary/aromatic N) is 1. The maximum Gasteiger partial charge on any atom is 0.339 e. The van der Waals surface area contributed by atoms with Crippen molar-refractivity contribution in [2.75, 3.05) is 0 Å². The van der Waals surface area contributed by atoms with Crippen LogP contribution in [0.3, 0.4) is 0 Å². The fourth-order valence-corrected chi connectivity index (χ4v) is 3.33. The third kappa shape index (κ3) is 3.98. The zero-order chi connectivity index (χ0) is 21.1. The van der Waals surface area contributed by atoms with E-state index in [-0.39, 0.29) is 5.78 Å². The van der Waals surface area contributed by atoms with Crippen LogP contribution in [0.5, 0.6) is 0 Å². The van der Waals surface area contributed by atoms with Crippen molar-refractivity contribution in [1.82, 2.24) is 4.98 Å². The normalized spacial score (nSPS) is 11.8. The molecule has 0 amide bonds. The number of esters is 1. The Bertz CT molecular complexity index is 1210. The first-order valence-corrected chi connectivity index (χ1v) is 9.80. The van der Waals surface area contributed by atoms with Crippen LogP contribution in [0.25, 0.3) is 22.2 Å². The second-order valence-electron chi connectivity index (χ2n) is 7.22. The third-order valence-corrected chi connectivity index (χ3v) is 4.99. The van der Waals surface area contributed by atoms with Crippen LogP contribution in [0.1, 0.15) is 33.2 Å². The summed E-state index contributed by atoms with van der Waals surface area (Å²) in [6, 6.07) is 26.0. The lowest BCUT2D eigenvalue weighted by atomic mass is 10.0. The summed E-state index contributed by atoms with van der Waals surface area (Å²) >= 11 is 0. The Kier molecular flexibility index (Phi) is 5.40. The van der Waals surface area contributed by atoms with E-state index in [1.54, 1.807) is 37.3 Å². The average molecular weight is 395 g/mol. The molecule has 4 nitrogen and oxygen atoms in total. The fraction of sp³-hybridized carbons (Fsp3) is 0.115. The number of ether oxygens (including phenoxy) is 1. The zero-order valence-electron chi connectivity index (χ0n) is 16.8. The maximum absolute atomic E-state index is 13.0. The Balaban J connectivity index is 1.69. The van der Waals surface area contributed by atoms with Gasteiger partial charge < -0.3 is 4.74 Å². The van der Waals surface area contributed by atoms with Gasteiger partial charge >= 0.3 is 5.97 Å². The molecule has 3 aromatic carbocycles. The Morgan fingerprint density at radius 3 is 2.27 bits per heavy atom. The Labute approximate surface area is 175 Å². The summed E-state index contributed by atoms with van der Waals surface area (Å²) in [5.74, 6) is -0.778. The van der Waals surface area contributed by atoms with Gasteiger partial charge in [0.15, 0.2) is 6.10 Å². The van der Waals surface area contributed by atoms with Crippen molar-refractivity contribution in [2.24, 2.45) is 0 Å². The molecule has 0 radical (unpaired) electrons. The number of pyridine rings is 1. The number of carbonyl (C=O) groups excluding carboxylic acids is 2. The molecule has 0 saturated carbocycles. The van der Waals surface area contributed by atoms with Crippen LogP contribution in [-0.4, -0.2) is 22.8 Å². The summed E-state index contributed by atoms with van der Waals surface area (Å²) in [6.07, 6.45) is -0.894. The van der Waals surface area contributed by atoms with E-state index in [0.29, 0.717) is 27.7 Å². The average Bonchev–Trinajstić information content (AvgIpc) is 2.78. The molecule has 30 heavy (non-hydrogen) atoms. The highest BCUT2D eigenvalue weighted by molar-refractivity contribution is 6.06. The van der Waals surface area contributed by atoms with Crippen molar-refractivity contribution >= 4 is 22.7 Å². The molecule has 4 aromatic rings. The van der Waals surface area contributed by atoms with Gasteiger partial charge in [-0.1, -0.05) is 78.4 Å². The summed E-state index contributed by atoms with van der Waals surface area (Å²) in [5.41, 5.74) is 4.34. The molecule has 148 valence electrons. The van der Waals surface area contributed by atoms with Crippen molar-refractivity contribution in [3.05, 3.63) is 102 Å². The molecule has 1 aromatic heterocycles. The summed E-state index contributed by atoms with van der Waals surface area (Å²) < 4.78 is 5.55. The lowest BCUT2D eigenvalue weighted by molar-refractivity contribution is 0.0320. The lowest BCUT2D eigenvalue weighted by Gasteiger charge is -2.14. The number of aromatic nitrogens is 1. The van der Waals surface area contributed by atoms with Crippen LogP contribution in [0.2, 0.25) is 0 Å². The van der Waals surface area contributed by atoms with E-state index in [4.69, 9.17) is 9.72 Å². The number of rotatable bonds is 5. The van der Waals surface area contributed by atoms with Crippen molar-refractivity contribution in [3.63, 3.8) is 0 Å². The van der Waals surface area contributed by atoms with Gasteiger partial charge in [-0.3, -0.25) is 4.79 Å². The number of aryl methyl sites for hydroxylation is 1. The minimum Gasteiger partial charge on any atom is -0.451 e. The molecule has 0 N–H and O–H groups in total. The van der Waals surface area contributed by atoms with Gasteiger partial charge in [0, 0.05) is 16.5 Å². The van der Waals surface area contributed by atoms with Gasteiger partial charge in [-0.05, 0) is 26.0 Å². The SMILES string of the molecule is Cc1ccc(-c2cc(C(=O)O[C@H](C)C(=O)c3ccccc3)c3ccccc3n2)cc1. The minimum absolute atomic E-state index is 0.235. The van der Waals surface area contributed by atoms with Crippen molar-refractivity contribution < 1.29 is 14.3 Å². The van der Waals surface area contributed by atoms with Crippen molar-refractivity contribution in [2.45, 2.75) is 20.0 Å². The van der Waals surface area contributed by atoms with Crippen LogP contribution in [0, 0.1) is 6.92 Å².